The average molecular weight is 565 g/mol. The molecule has 0 spiro atoms. The van der Waals surface area contributed by atoms with Gasteiger partial charge in [0.1, 0.15) is 36.9 Å². The van der Waals surface area contributed by atoms with E-state index in [1.165, 1.54) is 0 Å². The van der Waals surface area contributed by atoms with Crippen LogP contribution in [-0.4, -0.2) is 68.2 Å². The molecule has 4 aliphatic rings. The lowest BCUT2D eigenvalue weighted by atomic mass is 9.83. The summed E-state index contributed by atoms with van der Waals surface area (Å²) in [5.74, 6) is 0.102. The van der Waals surface area contributed by atoms with E-state index in [9.17, 15) is 14.4 Å². The van der Waals surface area contributed by atoms with Crippen LogP contribution in [0.4, 0.5) is 0 Å². The molecule has 1 fully saturated rings. The molecule has 1 saturated heterocycles. The van der Waals surface area contributed by atoms with E-state index in [-0.39, 0.29) is 24.9 Å². The molecule has 6 rings (SSSR count). The molecule has 0 radical (unpaired) electrons. The maximum absolute atomic E-state index is 12.5. The molecule has 0 bridgehead atoms. The average Bonchev–Trinajstić information content (AvgIpc) is 3.66. The summed E-state index contributed by atoms with van der Waals surface area (Å²) in [6.07, 6.45) is -1.60. The number of hydroxylamine groups is 2. The van der Waals surface area contributed by atoms with E-state index in [1.807, 2.05) is 24.3 Å². The molecule has 12 heteroatoms. The van der Waals surface area contributed by atoms with Crippen molar-refractivity contribution < 1.29 is 47.7 Å². The van der Waals surface area contributed by atoms with Gasteiger partial charge in [-0.1, -0.05) is 11.7 Å². The fraction of sp³-hybridized carbons (Fsp3) is 0.379. The first-order valence-electron chi connectivity index (χ1n) is 13.1. The second-order valence-electron chi connectivity index (χ2n) is 10.1. The van der Waals surface area contributed by atoms with E-state index >= 15 is 0 Å². The molecule has 0 N–H and O–H groups in total. The van der Waals surface area contributed by atoms with Crippen LogP contribution in [-0.2, 0) is 28.8 Å². The van der Waals surface area contributed by atoms with Gasteiger partial charge in [0.05, 0.1) is 25.8 Å². The van der Waals surface area contributed by atoms with Gasteiger partial charge in [0.2, 0.25) is 0 Å². The molecule has 4 atom stereocenters. The van der Waals surface area contributed by atoms with E-state index in [1.54, 1.807) is 27.2 Å². The molecule has 2 aromatic rings. The third-order valence-electron chi connectivity index (χ3n) is 7.41. The van der Waals surface area contributed by atoms with Crippen LogP contribution in [0.3, 0.4) is 0 Å². The number of methoxy groups -OCH3 is 2. The lowest BCUT2D eigenvalue weighted by Crippen LogP contribution is -2.34. The second kappa shape index (κ2) is 10.4. The van der Waals surface area contributed by atoms with Crippen LogP contribution in [0.1, 0.15) is 48.5 Å². The van der Waals surface area contributed by atoms with Crippen molar-refractivity contribution in [2.45, 2.75) is 44.0 Å². The quantitative estimate of drug-likeness (QED) is 0.348. The van der Waals surface area contributed by atoms with Gasteiger partial charge in [-0.05, 0) is 36.8 Å². The fourth-order valence-electron chi connectivity index (χ4n) is 5.42. The summed E-state index contributed by atoms with van der Waals surface area (Å²) in [5, 5.41) is 4.91. The van der Waals surface area contributed by atoms with Crippen LogP contribution in [0.15, 0.2) is 47.6 Å². The van der Waals surface area contributed by atoms with E-state index in [4.69, 9.17) is 33.4 Å². The smallest absolute Gasteiger partial charge is 0.358 e. The molecular formula is C29H28N2O10. The van der Waals surface area contributed by atoms with Crippen LogP contribution in [0.2, 0.25) is 0 Å². The number of ether oxygens (including phenoxy) is 5. The minimum absolute atomic E-state index is 0.00367. The SMILES string of the molecule is C=C(C)[C@@H]1Oc2ccc(C3=NOC4COc5cc(OC)c(OC)cc5C34)cc2C1OCC(=O)ON1C(=O)CCC1=O. The zero-order chi connectivity index (χ0) is 28.8. The summed E-state index contributed by atoms with van der Waals surface area (Å²) in [7, 11) is 3.14. The normalized spacial score (nSPS) is 23.9. The Balaban J connectivity index is 1.26. The Bertz CT molecular complexity index is 1470. The zero-order valence-corrected chi connectivity index (χ0v) is 22.7. The standard InChI is InChI=1S/C29H28N2O10/c1-14(2)28-29(38-13-25(34)41-31-23(32)7-8-24(31)33)17-9-15(5-6-18(17)39-28)27-26-16-10-20(35-3)21(36-4)11-19(16)37-12-22(26)40-30-27/h5-6,9-11,22,26,28-29H,1,7-8,12-13H2,2-4H3/t22?,26?,28-,29?/m0/s1. The van der Waals surface area contributed by atoms with Crippen LogP contribution in [0.5, 0.6) is 23.0 Å². The number of fused-ring (bicyclic) bond motifs is 4. The van der Waals surface area contributed by atoms with E-state index in [0.717, 1.165) is 11.1 Å². The van der Waals surface area contributed by atoms with Crippen LogP contribution < -0.4 is 18.9 Å². The predicted molar refractivity (Wildman–Crippen MR) is 141 cm³/mol. The molecule has 4 heterocycles. The van der Waals surface area contributed by atoms with Gasteiger partial charge in [-0.3, -0.25) is 9.59 Å². The number of benzene rings is 2. The van der Waals surface area contributed by atoms with Gasteiger partial charge in [0, 0.05) is 35.6 Å². The third-order valence-corrected chi connectivity index (χ3v) is 7.41. The Morgan fingerprint density at radius 2 is 1.78 bits per heavy atom. The molecule has 41 heavy (non-hydrogen) atoms. The van der Waals surface area contributed by atoms with Crippen molar-refractivity contribution >= 4 is 23.5 Å². The molecule has 2 aromatic carbocycles. The van der Waals surface area contributed by atoms with Crippen molar-refractivity contribution in [2.75, 3.05) is 27.4 Å². The molecule has 0 aliphatic carbocycles. The maximum Gasteiger partial charge on any atom is 0.358 e. The highest BCUT2D eigenvalue weighted by Crippen LogP contribution is 2.47. The Kier molecular flexibility index (Phi) is 6.78. The van der Waals surface area contributed by atoms with Gasteiger partial charge >= 0.3 is 5.97 Å². The fourth-order valence-corrected chi connectivity index (χ4v) is 5.42. The maximum atomic E-state index is 12.5. The minimum Gasteiger partial charge on any atom is -0.493 e. The first-order valence-corrected chi connectivity index (χ1v) is 13.1. The highest BCUT2D eigenvalue weighted by atomic mass is 16.7. The molecule has 4 aliphatic heterocycles. The summed E-state index contributed by atoms with van der Waals surface area (Å²) in [6, 6.07) is 9.25. The third kappa shape index (κ3) is 4.63. The molecule has 12 nitrogen and oxygen atoms in total. The van der Waals surface area contributed by atoms with Gasteiger partial charge < -0.3 is 33.4 Å². The number of amides is 2. The summed E-state index contributed by atoms with van der Waals surface area (Å²) >= 11 is 0. The Labute approximate surface area is 235 Å². The van der Waals surface area contributed by atoms with E-state index < -0.39 is 36.6 Å². The Morgan fingerprint density at radius 3 is 2.49 bits per heavy atom. The lowest BCUT2D eigenvalue weighted by molar-refractivity contribution is -0.201. The number of nitrogens with zero attached hydrogens (tertiary/aromatic N) is 2. The van der Waals surface area contributed by atoms with Crippen molar-refractivity contribution in [3.05, 3.63) is 59.2 Å². The van der Waals surface area contributed by atoms with Crippen LogP contribution in [0.25, 0.3) is 0 Å². The highest BCUT2D eigenvalue weighted by Gasteiger charge is 2.44. The summed E-state index contributed by atoms with van der Waals surface area (Å²) in [5.41, 5.74) is 3.69. The zero-order valence-electron chi connectivity index (χ0n) is 22.7. The van der Waals surface area contributed by atoms with Crippen LogP contribution in [0, 0.1) is 0 Å². The van der Waals surface area contributed by atoms with Gasteiger partial charge in [-0.25, -0.2) is 4.79 Å². The molecule has 3 unspecified atom stereocenters. The monoisotopic (exact) mass is 564 g/mol. The molecule has 2 amide bonds. The van der Waals surface area contributed by atoms with Crippen molar-refractivity contribution in [2.24, 2.45) is 5.16 Å². The largest absolute Gasteiger partial charge is 0.493 e. The Morgan fingerprint density at radius 1 is 1.05 bits per heavy atom. The molecule has 0 saturated carbocycles. The minimum atomic E-state index is -0.877. The summed E-state index contributed by atoms with van der Waals surface area (Å²) in [6.45, 7) is 5.60. The van der Waals surface area contributed by atoms with Gasteiger partial charge in [-0.15, -0.1) is 5.06 Å². The molecular weight excluding hydrogens is 536 g/mol. The van der Waals surface area contributed by atoms with Crippen molar-refractivity contribution in [3.8, 4) is 23.0 Å². The number of hydrogen-bond donors (Lipinski definition) is 0. The van der Waals surface area contributed by atoms with Crippen molar-refractivity contribution in [1.29, 1.82) is 0 Å². The number of carbonyl (C=O) groups excluding carboxylic acids is 3. The first kappa shape index (κ1) is 26.6. The topological polar surface area (TPSA) is 131 Å². The summed E-state index contributed by atoms with van der Waals surface area (Å²) in [4.78, 5) is 46.8. The van der Waals surface area contributed by atoms with Gasteiger partial charge in [0.15, 0.2) is 17.6 Å². The molecule has 214 valence electrons. The van der Waals surface area contributed by atoms with Gasteiger partial charge in [-0.2, -0.15) is 0 Å². The second-order valence-corrected chi connectivity index (χ2v) is 10.1. The Hall–Kier alpha value is -4.58. The van der Waals surface area contributed by atoms with Crippen LogP contribution >= 0.6 is 0 Å². The number of imide groups is 1. The van der Waals surface area contributed by atoms with Crippen molar-refractivity contribution in [3.63, 3.8) is 0 Å². The predicted octanol–water partition coefficient (Wildman–Crippen LogP) is 2.98. The first-order chi connectivity index (χ1) is 19.8. The van der Waals surface area contributed by atoms with Crippen molar-refractivity contribution in [1.82, 2.24) is 5.06 Å². The number of rotatable bonds is 8. The highest BCUT2D eigenvalue weighted by molar-refractivity contribution is 6.07. The molecule has 0 aromatic heterocycles. The number of hydrogen-bond acceptors (Lipinski definition) is 11. The van der Waals surface area contributed by atoms with E-state index in [2.05, 4.69) is 11.7 Å². The lowest BCUT2D eigenvalue weighted by Gasteiger charge is -2.28. The van der Waals surface area contributed by atoms with E-state index in [0.29, 0.717) is 51.5 Å². The number of oxime groups is 1. The number of carbonyl (C=O) groups is 3. The summed E-state index contributed by atoms with van der Waals surface area (Å²) < 4.78 is 28.9. The van der Waals surface area contributed by atoms with Gasteiger partial charge in [0.25, 0.3) is 11.8 Å².